The number of halogens is 1. The van der Waals surface area contributed by atoms with E-state index < -0.39 is 0 Å². The number of nitro groups is 1. The van der Waals surface area contributed by atoms with Crippen LogP contribution in [-0.2, 0) is 7.05 Å². The van der Waals surface area contributed by atoms with Gasteiger partial charge in [-0.05, 0) is 24.3 Å². The quantitative estimate of drug-likeness (QED) is 0.497. The lowest BCUT2D eigenvalue weighted by Crippen LogP contribution is -2.37. The van der Waals surface area contributed by atoms with Crippen molar-refractivity contribution in [2.24, 2.45) is 7.05 Å². The number of hydrogen-bond donors (Lipinski definition) is 0. The van der Waals surface area contributed by atoms with Crippen LogP contribution in [0.2, 0.25) is 5.02 Å². The molecule has 6 heteroatoms. The van der Waals surface area contributed by atoms with E-state index in [-0.39, 0.29) is 10.6 Å². The Morgan fingerprint density at radius 3 is 2.29 bits per heavy atom. The Labute approximate surface area is 128 Å². The molecule has 1 aromatic carbocycles. The van der Waals surface area contributed by atoms with Crippen LogP contribution < -0.4 is 9.47 Å². The van der Waals surface area contributed by atoms with Crippen LogP contribution >= 0.6 is 11.6 Å². The Bertz CT molecular complexity index is 697. The number of hydrogen-bond acceptors (Lipinski definition) is 3. The molecule has 0 atom stereocenters. The van der Waals surface area contributed by atoms with Crippen LogP contribution in [0.1, 0.15) is 5.69 Å². The number of rotatable bonds is 3. The van der Waals surface area contributed by atoms with Crippen LogP contribution in [0, 0.1) is 17.0 Å². The minimum absolute atomic E-state index is 0.0779. The van der Waals surface area contributed by atoms with E-state index in [0.29, 0.717) is 10.7 Å². The first-order valence-corrected chi connectivity index (χ1v) is 6.82. The molecule has 1 heterocycles. The van der Waals surface area contributed by atoms with Crippen molar-refractivity contribution in [2.45, 2.75) is 6.92 Å². The first-order chi connectivity index (χ1) is 9.82. The maximum atomic E-state index is 11.4. The fraction of sp³-hybridized carbons (Fsp3) is 0.267. The summed E-state index contributed by atoms with van der Waals surface area (Å²) in [7, 11) is 5.57. The van der Waals surface area contributed by atoms with Gasteiger partial charge in [0.05, 0.1) is 16.6 Å². The van der Waals surface area contributed by atoms with Gasteiger partial charge in [-0.25, -0.2) is 0 Å². The summed E-state index contributed by atoms with van der Waals surface area (Å²) in [5, 5.41) is 12.1. The highest BCUT2D eigenvalue weighted by Crippen LogP contribution is 2.31. The number of nitrogens with zero attached hydrogens (tertiary/aromatic N) is 3. The van der Waals surface area contributed by atoms with Crippen molar-refractivity contribution in [1.82, 2.24) is 0 Å². The maximum absolute atomic E-state index is 11.4. The van der Waals surface area contributed by atoms with Gasteiger partial charge in [-0.2, -0.15) is 4.57 Å². The van der Waals surface area contributed by atoms with E-state index >= 15 is 0 Å². The third kappa shape index (κ3) is 2.83. The molecule has 0 aliphatic heterocycles. The molecule has 1 aromatic heterocycles. The summed E-state index contributed by atoms with van der Waals surface area (Å²) in [6.45, 7) is 1.94. The molecule has 0 saturated heterocycles. The lowest BCUT2D eigenvalue weighted by molar-refractivity contribution is -0.668. The second kappa shape index (κ2) is 5.69. The predicted molar refractivity (Wildman–Crippen MR) is 83.8 cm³/mol. The van der Waals surface area contributed by atoms with E-state index in [2.05, 4.69) is 0 Å². The summed E-state index contributed by atoms with van der Waals surface area (Å²) in [5.41, 5.74) is 3.19. The molecule has 0 bridgehead atoms. The maximum Gasteiger partial charge on any atom is 0.342 e. The van der Waals surface area contributed by atoms with Crippen LogP contribution in [0.4, 0.5) is 11.4 Å². The fourth-order valence-corrected chi connectivity index (χ4v) is 2.48. The molecule has 110 valence electrons. The van der Waals surface area contributed by atoms with Crippen molar-refractivity contribution in [3.8, 4) is 11.3 Å². The number of anilines is 1. The Morgan fingerprint density at radius 1 is 1.24 bits per heavy atom. The van der Waals surface area contributed by atoms with Crippen LogP contribution in [0.5, 0.6) is 0 Å². The van der Waals surface area contributed by atoms with Crippen molar-refractivity contribution in [3.05, 3.63) is 51.2 Å². The van der Waals surface area contributed by atoms with E-state index in [0.717, 1.165) is 16.9 Å². The highest BCUT2D eigenvalue weighted by atomic mass is 35.5. The molecule has 5 nitrogen and oxygen atoms in total. The molecule has 0 aliphatic rings. The van der Waals surface area contributed by atoms with Gasteiger partial charge < -0.3 is 4.90 Å². The summed E-state index contributed by atoms with van der Waals surface area (Å²) in [6.07, 6.45) is 0. The summed E-state index contributed by atoms with van der Waals surface area (Å²) < 4.78 is 1.84. The van der Waals surface area contributed by atoms with Gasteiger partial charge in [-0.3, -0.25) is 10.1 Å². The van der Waals surface area contributed by atoms with Crippen molar-refractivity contribution in [1.29, 1.82) is 0 Å². The van der Waals surface area contributed by atoms with Crippen LogP contribution in [0.25, 0.3) is 11.3 Å². The van der Waals surface area contributed by atoms with Gasteiger partial charge in [-0.15, -0.1) is 0 Å². The Hall–Kier alpha value is -2.14. The van der Waals surface area contributed by atoms with Gasteiger partial charge in [0.1, 0.15) is 12.7 Å². The molecule has 0 fully saturated rings. The van der Waals surface area contributed by atoms with Gasteiger partial charge in [0.15, 0.2) is 0 Å². The Kier molecular flexibility index (Phi) is 4.14. The van der Waals surface area contributed by atoms with Gasteiger partial charge in [0.25, 0.3) is 5.69 Å². The summed E-state index contributed by atoms with van der Waals surface area (Å²) in [5.74, 6) is 0. The van der Waals surface area contributed by atoms with E-state index in [4.69, 9.17) is 11.6 Å². The van der Waals surface area contributed by atoms with Crippen LogP contribution in [0.15, 0.2) is 30.3 Å². The van der Waals surface area contributed by atoms with E-state index in [1.54, 1.807) is 30.3 Å². The van der Waals surface area contributed by atoms with Crippen molar-refractivity contribution in [2.75, 3.05) is 19.0 Å². The molecular formula is C15H17ClN3O2+. The zero-order valence-electron chi connectivity index (χ0n) is 12.4. The smallest absolute Gasteiger partial charge is 0.342 e. The molecule has 0 N–H and O–H groups in total. The van der Waals surface area contributed by atoms with Crippen molar-refractivity contribution >= 4 is 23.0 Å². The molecule has 21 heavy (non-hydrogen) atoms. The molecule has 0 amide bonds. The van der Waals surface area contributed by atoms with Gasteiger partial charge in [-0.1, -0.05) is 11.6 Å². The second-order valence-corrected chi connectivity index (χ2v) is 5.50. The molecule has 0 unspecified atom stereocenters. The third-order valence-electron chi connectivity index (χ3n) is 3.52. The van der Waals surface area contributed by atoms with Crippen LogP contribution in [-0.4, -0.2) is 19.0 Å². The van der Waals surface area contributed by atoms with E-state index in [1.807, 2.05) is 37.5 Å². The Morgan fingerprint density at radius 2 is 1.81 bits per heavy atom. The minimum Gasteiger partial charge on any atom is -0.372 e. The molecule has 0 aliphatic carbocycles. The summed E-state index contributed by atoms with van der Waals surface area (Å²) in [6, 6.07) is 8.66. The lowest BCUT2D eigenvalue weighted by Gasteiger charge is -2.15. The monoisotopic (exact) mass is 306 g/mol. The highest BCUT2D eigenvalue weighted by molar-refractivity contribution is 6.30. The van der Waals surface area contributed by atoms with E-state index in [9.17, 15) is 10.1 Å². The first-order valence-electron chi connectivity index (χ1n) is 6.44. The number of pyridine rings is 1. The minimum atomic E-state index is -0.351. The Balaban J connectivity index is 2.78. The van der Waals surface area contributed by atoms with Crippen molar-refractivity contribution in [3.63, 3.8) is 0 Å². The number of aromatic nitrogens is 1. The standard InChI is InChI=1S/C15H17ClN3O2/c1-10-13(17(2)3)9-14(19(20)21)15(18(10)4)11-5-7-12(16)8-6-11/h5-9H,1-4H3/q+1. The van der Waals surface area contributed by atoms with Crippen molar-refractivity contribution < 1.29 is 9.49 Å². The van der Waals surface area contributed by atoms with Gasteiger partial charge in [0, 0.05) is 26.0 Å². The molecule has 2 rings (SSSR count). The lowest BCUT2D eigenvalue weighted by atomic mass is 10.1. The van der Waals surface area contributed by atoms with Gasteiger partial charge >= 0.3 is 5.69 Å². The number of benzene rings is 1. The molecule has 2 aromatic rings. The van der Waals surface area contributed by atoms with E-state index in [1.165, 1.54) is 0 Å². The summed E-state index contributed by atoms with van der Waals surface area (Å²) >= 11 is 5.89. The van der Waals surface area contributed by atoms with Gasteiger partial charge in [0.2, 0.25) is 5.69 Å². The largest absolute Gasteiger partial charge is 0.372 e. The summed E-state index contributed by atoms with van der Waals surface area (Å²) in [4.78, 5) is 13.0. The SMILES string of the molecule is Cc1c(N(C)C)cc([N+](=O)[O-])c(-c2ccc(Cl)cc2)[n+]1C. The zero-order chi connectivity index (χ0) is 15.7. The first kappa shape index (κ1) is 15.3. The highest BCUT2D eigenvalue weighted by Gasteiger charge is 2.30. The molecule has 0 saturated carbocycles. The molecular weight excluding hydrogens is 290 g/mol. The third-order valence-corrected chi connectivity index (χ3v) is 3.77. The molecule has 0 spiro atoms. The average molecular weight is 307 g/mol. The fourth-order valence-electron chi connectivity index (χ4n) is 2.35. The average Bonchev–Trinajstić information content (AvgIpc) is 2.42. The predicted octanol–water partition coefficient (Wildman–Crippen LogP) is 3.11. The second-order valence-electron chi connectivity index (χ2n) is 5.07. The topological polar surface area (TPSA) is 50.3 Å². The normalized spacial score (nSPS) is 10.5. The zero-order valence-corrected chi connectivity index (χ0v) is 13.2. The molecule has 0 radical (unpaired) electrons. The van der Waals surface area contributed by atoms with Crippen LogP contribution in [0.3, 0.4) is 0 Å².